The second kappa shape index (κ2) is 8.73. The van der Waals surface area contributed by atoms with Crippen molar-refractivity contribution in [2.45, 2.75) is 11.8 Å². The molecule has 0 fully saturated rings. The van der Waals surface area contributed by atoms with Crippen LogP contribution in [0.15, 0.2) is 47.4 Å². The Kier molecular flexibility index (Phi) is 6.88. The van der Waals surface area contributed by atoms with Gasteiger partial charge in [-0.1, -0.05) is 29.3 Å². The van der Waals surface area contributed by atoms with E-state index >= 15 is 0 Å². The zero-order valence-corrected chi connectivity index (χ0v) is 16.5. The summed E-state index contributed by atoms with van der Waals surface area (Å²) in [6.07, 6.45) is 0. The van der Waals surface area contributed by atoms with Crippen molar-refractivity contribution in [1.82, 2.24) is 4.31 Å². The van der Waals surface area contributed by atoms with E-state index in [4.69, 9.17) is 27.9 Å². The lowest BCUT2D eigenvalue weighted by Gasteiger charge is -2.17. The van der Waals surface area contributed by atoms with E-state index in [0.29, 0.717) is 23.1 Å². The van der Waals surface area contributed by atoms with Crippen LogP contribution < -0.4 is 10.1 Å². The Labute approximate surface area is 162 Å². The minimum Gasteiger partial charge on any atom is -0.492 e. The first-order valence-electron chi connectivity index (χ1n) is 7.68. The fourth-order valence-corrected chi connectivity index (χ4v) is 3.79. The zero-order chi connectivity index (χ0) is 19.3. The number of anilines is 1. The van der Waals surface area contributed by atoms with Crippen molar-refractivity contribution in [1.29, 1.82) is 0 Å². The molecule has 140 valence electrons. The summed E-state index contributed by atoms with van der Waals surface area (Å²) in [6, 6.07) is 10.7. The molecule has 0 radical (unpaired) electrons. The van der Waals surface area contributed by atoms with Crippen LogP contribution in [0, 0.1) is 0 Å². The summed E-state index contributed by atoms with van der Waals surface area (Å²) in [6.45, 7) is 1.85. The summed E-state index contributed by atoms with van der Waals surface area (Å²) in [4.78, 5) is 12.1. The third-order valence-corrected chi connectivity index (χ3v) is 5.72. The predicted octanol–water partition coefficient (Wildman–Crippen LogP) is 3.65. The highest BCUT2D eigenvalue weighted by molar-refractivity contribution is 7.89. The molecule has 2 aromatic carbocycles. The van der Waals surface area contributed by atoms with Crippen molar-refractivity contribution in [3.05, 3.63) is 52.5 Å². The van der Waals surface area contributed by atoms with E-state index in [1.54, 1.807) is 31.2 Å². The summed E-state index contributed by atoms with van der Waals surface area (Å²) in [5, 5.41) is 3.25. The molecule has 0 aliphatic heterocycles. The van der Waals surface area contributed by atoms with Gasteiger partial charge in [0.2, 0.25) is 15.9 Å². The van der Waals surface area contributed by atoms with Crippen LogP contribution in [-0.2, 0) is 14.8 Å². The van der Waals surface area contributed by atoms with E-state index in [1.807, 2.05) is 0 Å². The van der Waals surface area contributed by atoms with Gasteiger partial charge in [0.15, 0.2) is 0 Å². The van der Waals surface area contributed by atoms with Crippen molar-refractivity contribution in [3.8, 4) is 5.75 Å². The van der Waals surface area contributed by atoms with Gasteiger partial charge in [-0.25, -0.2) is 8.42 Å². The van der Waals surface area contributed by atoms with Crippen LogP contribution in [0.3, 0.4) is 0 Å². The summed E-state index contributed by atoms with van der Waals surface area (Å²) in [5.74, 6) is -0.0927. The minimum absolute atomic E-state index is 0.0241. The Morgan fingerprint density at radius 1 is 1.19 bits per heavy atom. The molecule has 0 spiro atoms. The van der Waals surface area contributed by atoms with Gasteiger partial charge in [0.1, 0.15) is 5.75 Å². The summed E-state index contributed by atoms with van der Waals surface area (Å²) < 4.78 is 31.5. The lowest BCUT2D eigenvalue weighted by Crippen LogP contribution is -2.35. The molecule has 0 aliphatic carbocycles. The molecule has 0 bridgehead atoms. The molecule has 1 amide bonds. The monoisotopic (exact) mass is 416 g/mol. The van der Waals surface area contributed by atoms with E-state index in [2.05, 4.69) is 5.32 Å². The van der Waals surface area contributed by atoms with Gasteiger partial charge in [-0.3, -0.25) is 4.79 Å². The summed E-state index contributed by atoms with van der Waals surface area (Å²) >= 11 is 11.9. The molecular formula is C17H18Cl2N2O4S. The van der Waals surface area contributed by atoms with Crippen molar-refractivity contribution in [2.75, 3.05) is 25.5 Å². The molecule has 26 heavy (non-hydrogen) atoms. The number of hydrogen-bond donors (Lipinski definition) is 1. The first kappa shape index (κ1) is 20.5. The maximum atomic E-state index is 12.6. The highest BCUT2D eigenvalue weighted by Crippen LogP contribution is 2.28. The van der Waals surface area contributed by atoms with Crippen molar-refractivity contribution >= 4 is 44.8 Å². The predicted molar refractivity (Wildman–Crippen MR) is 103 cm³/mol. The average molecular weight is 417 g/mol. The molecule has 0 atom stereocenters. The number of likely N-dealkylation sites (N-methyl/N-ethyl adjacent to an activating group) is 1. The number of halogens is 2. The smallest absolute Gasteiger partial charge is 0.243 e. The standard InChI is InChI=1S/C17H18Cl2N2O4S/c1-3-25-16-8-7-14(10-15(16)19)26(23,24)21(2)11-17(22)20-13-6-4-5-12(18)9-13/h4-10H,3,11H2,1-2H3,(H,20,22). The number of nitrogens with zero attached hydrogens (tertiary/aromatic N) is 1. The van der Waals surface area contributed by atoms with Gasteiger partial charge >= 0.3 is 0 Å². The van der Waals surface area contributed by atoms with E-state index in [0.717, 1.165) is 4.31 Å². The van der Waals surface area contributed by atoms with Crippen LogP contribution in [0.25, 0.3) is 0 Å². The highest BCUT2D eigenvalue weighted by Gasteiger charge is 2.24. The lowest BCUT2D eigenvalue weighted by molar-refractivity contribution is -0.116. The first-order chi connectivity index (χ1) is 12.2. The average Bonchev–Trinajstić information content (AvgIpc) is 2.56. The normalized spacial score (nSPS) is 11.4. The third-order valence-electron chi connectivity index (χ3n) is 3.39. The van der Waals surface area contributed by atoms with Gasteiger partial charge in [-0.2, -0.15) is 4.31 Å². The molecule has 2 rings (SSSR count). The first-order valence-corrected chi connectivity index (χ1v) is 9.87. The van der Waals surface area contributed by atoms with E-state index < -0.39 is 15.9 Å². The molecule has 0 unspecified atom stereocenters. The Morgan fingerprint density at radius 2 is 1.92 bits per heavy atom. The molecule has 9 heteroatoms. The number of nitrogens with one attached hydrogen (secondary N) is 1. The topological polar surface area (TPSA) is 75.7 Å². The molecular weight excluding hydrogens is 399 g/mol. The van der Waals surface area contributed by atoms with Crippen molar-refractivity contribution < 1.29 is 17.9 Å². The fourth-order valence-electron chi connectivity index (χ4n) is 2.15. The second-order valence-electron chi connectivity index (χ2n) is 5.34. The number of ether oxygens (including phenoxy) is 1. The number of rotatable bonds is 7. The Morgan fingerprint density at radius 3 is 2.54 bits per heavy atom. The van der Waals surface area contributed by atoms with E-state index in [1.165, 1.54) is 25.2 Å². The van der Waals surface area contributed by atoms with Gasteiger partial charge in [0, 0.05) is 17.8 Å². The van der Waals surface area contributed by atoms with E-state index in [9.17, 15) is 13.2 Å². The molecule has 6 nitrogen and oxygen atoms in total. The number of hydrogen-bond acceptors (Lipinski definition) is 4. The summed E-state index contributed by atoms with van der Waals surface area (Å²) in [5.41, 5.74) is 0.484. The number of sulfonamides is 1. The number of carbonyl (C=O) groups excluding carboxylic acids is 1. The maximum absolute atomic E-state index is 12.6. The van der Waals surface area contributed by atoms with Crippen molar-refractivity contribution in [2.24, 2.45) is 0 Å². The van der Waals surface area contributed by atoms with E-state index in [-0.39, 0.29) is 16.5 Å². The fraction of sp³-hybridized carbons (Fsp3) is 0.235. The molecule has 0 saturated heterocycles. The van der Waals surface area contributed by atoms with Crippen LogP contribution in [0.1, 0.15) is 6.92 Å². The molecule has 0 saturated carbocycles. The second-order valence-corrected chi connectivity index (χ2v) is 8.23. The lowest BCUT2D eigenvalue weighted by atomic mass is 10.3. The van der Waals surface area contributed by atoms with Gasteiger partial charge in [0.25, 0.3) is 0 Å². The van der Waals surface area contributed by atoms with Crippen LogP contribution in [0.2, 0.25) is 10.0 Å². The van der Waals surface area contributed by atoms with Gasteiger partial charge < -0.3 is 10.1 Å². The molecule has 0 heterocycles. The quantitative estimate of drug-likeness (QED) is 0.746. The zero-order valence-electron chi connectivity index (χ0n) is 14.2. The highest BCUT2D eigenvalue weighted by atomic mass is 35.5. The van der Waals surface area contributed by atoms with Crippen LogP contribution in [0.5, 0.6) is 5.75 Å². The molecule has 1 N–H and O–H groups in total. The molecule has 2 aromatic rings. The number of amides is 1. The minimum atomic E-state index is -3.88. The third kappa shape index (κ3) is 5.11. The van der Waals surface area contributed by atoms with Gasteiger partial charge in [-0.05, 0) is 43.3 Å². The Bertz CT molecular complexity index is 903. The molecule has 0 aromatic heterocycles. The van der Waals surface area contributed by atoms with Crippen LogP contribution in [0.4, 0.5) is 5.69 Å². The Balaban J connectivity index is 2.10. The number of carbonyl (C=O) groups is 1. The summed E-state index contributed by atoms with van der Waals surface area (Å²) in [7, 11) is -2.57. The number of benzene rings is 2. The largest absolute Gasteiger partial charge is 0.492 e. The SMILES string of the molecule is CCOc1ccc(S(=O)(=O)N(C)CC(=O)Nc2cccc(Cl)c2)cc1Cl. The van der Waals surface area contributed by atoms with Crippen molar-refractivity contribution in [3.63, 3.8) is 0 Å². The van der Waals surface area contributed by atoms with Gasteiger partial charge in [-0.15, -0.1) is 0 Å². The Hall–Kier alpha value is -1.80. The van der Waals surface area contributed by atoms with Gasteiger partial charge in [0.05, 0.1) is 23.1 Å². The van der Waals surface area contributed by atoms with Crippen LogP contribution in [-0.4, -0.2) is 38.8 Å². The maximum Gasteiger partial charge on any atom is 0.243 e. The van der Waals surface area contributed by atoms with Crippen LogP contribution >= 0.6 is 23.2 Å². The molecule has 0 aliphatic rings.